The van der Waals surface area contributed by atoms with Gasteiger partial charge in [-0.05, 0) is 11.6 Å². The zero-order valence-corrected chi connectivity index (χ0v) is 14.9. The standard InChI is InChI=1S/C16H20ClOPSi/c1-20(2,3)14-9-10-15(16(11-14)19-17)18-12-13-7-5-4-6-8-13/h4-11,19H,12H2,1-3H3. The van der Waals surface area contributed by atoms with Gasteiger partial charge in [0.25, 0.3) is 0 Å². The highest BCUT2D eigenvalue weighted by molar-refractivity contribution is 7.75. The normalized spacial score (nSPS) is 12.0. The molecule has 1 nitrogen and oxygen atoms in total. The maximum atomic E-state index is 6.10. The smallest absolute Gasteiger partial charge is 0.128 e. The van der Waals surface area contributed by atoms with Gasteiger partial charge in [-0.3, -0.25) is 0 Å². The van der Waals surface area contributed by atoms with Crippen molar-refractivity contribution in [3.8, 4) is 5.75 Å². The van der Waals surface area contributed by atoms with Crippen molar-refractivity contribution >= 4 is 37.7 Å². The molecule has 0 aliphatic rings. The zero-order chi connectivity index (χ0) is 14.6. The molecule has 1 unspecified atom stereocenters. The number of halogens is 1. The highest BCUT2D eigenvalue weighted by Crippen LogP contribution is 2.23. The predicted molar refractivity (Wildman–Crippen MR) is 94.0 cm³/mol. The lowest BCUT2D eigenvalue weighted by molar-refractivity contribution is 0.309. The highest BCUT2D eigenvalue weighted by atomic mass is 35.7. The quantitative estimate of drug-likeness (QED) is 0.590. The minimum Gasteiger partial charge on any atom is -0.488 e. The fourth-order valence-electron chi connectivity index (χ4n) is 1.93. The van der Waals surface area contributed by atoms with E-state index < -0.39 is 8.07 Å². The number of rotatable bonds is 5. The van der Waals surface area contributed by atoms with Crippen LogP contribution < -0.4 is 15.2 Å². The summed E-state index contributed by atoms with van der Waals surface area (Å²) in [5.41, 5.74) is 1.17. The van der Waals surface area contributed by atoms with Crippen LogP contribution in [0.2, 0.25) is 19.6 Å². The molecule has 20 heavy (non-hydrogen) atoms. The van der Waals surface area contributed by atoms with Crippen molar-refractivity contribution < 1.29 is 4.74 Å². The summed E-state index contributed by atoms with van der Waals surface area (Å²) in [4.78, 5) is 0. The molecule has 4 heteroatoms. The first kappa shape index (κ1) is 15.6. The van der Waals surface area contributed by atoms with Gasteiger partial charge in [-0.2, -0.15) is 0 Å². The number of hydrogen-bond donors (Lipinski definition) is 0. The zero-order valence-electron chi connectivity index (χ0n) is 12.1. The molecule has 2 aromatic rings. The lowest BCUT2D eigenvalue weighted by Crippen LogP contribution is -2.38. The van der Waals surface area contributed by atoms with Crippen LogP contribution in [0.1, 0.15) is 5.56 Å². The van der Waals surface area contributed by atoms with Crippen LogP contribution in [0.5, 0.6) is 5.75 Å². The van der Waals surface area contributed by atoms with Crippen LogP contribution in [0.3, 0.4) is 0 Å². The molecule has 1 atom stereocenters. The Balaban J connectivity index is 2.16. The molecule has 0 saturated carbocycles. The van der Waals surface area contributed by atoms with Gasteiger partial charge in [-0.1, -0.05) is 78.5 Å². The summed E-state index contributed by atoms with van der Waals surface area (Å²) in [6, 6.07) is 16.7. The van der Waals surface area contributed by atoms with E-state index in [9.17, 15) is 0 Å². The first-order chi connectivity index (χ1) is 9.50. The Morgan fingerprint density at radius 3 is 2.35 bits per heavy atom. The van der Waals surface area contributed by atoms with Crippen LogP contribution in [0.25, 0.3) is 0 Å². The molecule has 106 valence electrons. The molecule has 0 bridgehead atoms. The van der Waals surface area contributed by atoms with Crippen molar-refractivity contribution in [2.75, 3.05) is 0 Å². The van der Waals surface area contributed by atoms with Gasteiger partial charge in [0.1, 0.15) is 12.4 Å². The summed E-state index contributed by atoms with van der Waals surface area (Å²) in [6.45, 7) is 7.61. The van der Waals surface area contributed by atoms with E-state index in [1.807, 2.05) is 18.2 Å². The fraction of sp³-hybridized carbons (Fsp3) is 0.250. The van der Waals surface area contributed by atoms with Crippen LogP contribution in [0.4, 0.5) is 0 Å². The summed E-state index contributed by atoms with van der Waals surface area (Å²) >= 11 is 6.10. The van der Waals surface area contributed by atoms with Crippen molar-refractivity contribution in [2.45, 2.75) is 26.2 Å². The van der Waals surface area contributed by atoms with Gasteiger partial charge in [0.05, 0.1) is 8.07 Å². The van der Waals surface area contributed by atoms with Gasteiger partial charge >= 0.3 is 0 Å². The maximum absolute atomic E-state index is 6.10. The van der Waals surface area contributed by atoms with Gasteiger partial charge in [0.15, 0.2) is 0 Å². The molecule has 0 aromatic heterocycles. The largest absolute Gasteiger partial charge is 0.488 e. The van der Waals surface area contributed by atoms with E-state index in [2.05, 4.69) is 50.0 Å². The van der Waals surface area contributed by atoms with E-state index in [4.69, 9.17) is 16.0 Å². The van der Waals surface area contributed by atoms with Gasteiger partial charge in [0, 0.05) is 13.2 Å². The SMILES string of the molecule is C[Si](C)(C)c1ccc(OCc2ccccc2)c(PCl)c1. The molecule has 0 N–H and O–H groups in total. The Hall–Kier alpha value is -0.823. The Morgan fingerprint density at radius 2 is 1.75 bits per heavy atom. The third-order valence-electron chi connectivity index (χ3n) is 3.18. The molecule has 0 spiro atoms. The molecule has 2 aromatic carbocycles. The monoisotopic (exact) mass is 322 g/mol. The summed E-state index contributed by atoms with van der Waals surface area (Å²) in [5.74, 6) is 0.907. The molecule has 2 rings (SSSR count). The lowest BCUT2D eigenvalue weighted by Gasteiger charge is -2.19. The average Bonchev–Trinajstić information content (AvgIpc) is 2.45. The van der Waals surface area contributed by atoms with Gasteiger partial charge in [0.2, 0.25) is 0 Å². The van der Waals surface area contributed by atoms with Crippen LogP contribution in [0.15, 0.2) is 48.5 Å². The number of benzene rings is 2. The minimum absolute atomic E-state index is 0.241. The molecule has 0 aliphatic heterocycles. The van der Waals surface area contributed by atoms with E-state index in [0.29, 0.717) is 6.61 Å². The lowest BCUT2D eigenvalue weighted by atomic mass is 10.2. The predicted octanol–water partition coefficient (Wildman–Crippen LogP) is 4.27. The average molecular weight is 323 g/mol. The minimum atomic E-state index is -1.30. The summed E-state index contributed by atoms with van der Waals surface area (Å²) < 4.78 is 5.92. The number of hydrogen-bond acceptors (Lipinski definition) is 1. The molecule has 0 radical (unpaired) electrons. The molecule has 0 heterocycles. The van der Waals surface area contributed by atoms with Crippen molar-refractivity contribution in [1.82, 2.24) is 0 Å². The third kappa shape index (κ3) is 4.08. The van der Waals surface area contributed by atoms with E-state index in [1.165, 1.54) is 10.8 Å². The Kier molecular flexibility index (Phi) is 5.26. The molecule has 0 aliphatic carbocycles. The highest BCUT2D eigenvalue weighted by Gasteiger charge is 2.18. The summed E-state index contributed by atoms with van der Waals surface area (Å²) in [7, 11) is -1.06. The van der Waals surface area contributed by atoms with Gasteiger partial charge < -0.3 is 4.74 Å². The Labute approximate surface area is 128 Å². The second-order valence-corrected chi connectivity index (χ2v) is 12.2. The Bertz CT molecular complexity index is 566. The number of ether oxygens (including phenoxy) is 1. The van der Waals surface area contributed by atoms with Crippen molar-refractivity contribution in [3.63, 3.8) is 0 Å². The first-order valence-electron chi connectivity index (χ1n) is 6.68. The van der Waals surface area contributed by atoms with E-state index >= 15 is 0 Å². The van der Waals surface area contributed by atoms with Crippen LogP contribution in [0, 0.1) is 0 Å². The van der Waals surface area contributed by atoms with E-state index in [0.717, 1.165) is 11.1 Å². The molecular weight excluding hydrogens is 303 g/mol. The van der Waals surface area contributed by atoms with Crippen molar-refractivity contribution in [1.29, 1.82) is 0 Å². The molecule has 0 amide bonds. The Morgan fingerprint density at radius 1 is 1.05 bits per heavy atom. The van der Waals surface area contributed by atoms with Crippen molar-refractivity contribution in [3.05, 3.63) is 54.1 Å². The van der Waals surface area contributed by atoms with Gasteiger partial charge in [-0.15, -0.1) is 0 Å². The van der Waals surface area contributed by atoms with E-state index in [-0.39, 0.29) is 7.93 Å². The van der Waals surface area contributed by atoms with Crippen LogP contribution in [-0.4, -0.2) is 8.07 Å². The van der Waals surface area contributed by atoms with Crippen LogP contribution in [-0.2, 0) is 6.61 Å². The molecule has 0 saturated heterocycles. The second kappa shape index (κ2) is 6.75. The summed E-state index contributed by atoms with van der Waals surface area (Å²) in [6.07, 6.45) is 0. The summed E-state index contributed by atoms with van der Waals surface area (Å²) in [5, 5.41) is 2.54. The topological polar surface area (TPSA) is 9.23 Å². The fourth-order valence-corrected chi connectivity index (χ4v) is 4.14. The first-order valence-corrected chi connectivity index (χ1v) is 12.2. The molecular formula is C16H20ClOPSi. The maximum Gasteiger partial charge on any atom is 0.128 e. The van der Waals surface area contributed by atoms with E-state index in [1.54, 1.807) is 0 Å². The second-order valence-electron chi connectivity index (χ2n) is 5.83. The third-order valence-corrected chi connectivity index (χ3v) is 6.43. The van der Waals surface area contributed by atoms with Crippen LogP contribution >= 0.6 is 19.2 Å². The molecule has 0 fully saturated rings. The van der Waals surface area contributed by atoms with Gasteiger partial charge in [-0.25, -0.2) is 0 Å². The van der Waals surface area contributed by atoms with Crippen molar-refractivity contribution in [2.24, 2.45) is 0 Å².